The van der Waals surface area contributed by atoms with Crippen LogP contribution in [0.4, 0.5) is 0 Å². The van der Waals surface area contributed by atoms with E-state index in [0.717, 1.165) is 0 Å². The van der Waals surface area contributed by atoms with Crippen molar-refractivity contribution in [2.24, 2.45) is 0 Å². The lowest BCUT2D eigenvalue weighted by molar-refractivity contribution is -0.146. The molecule has 0 N–H and O–H groups in total. The first-order valence-corrected chi connectivity index (χ1v) is 8.47. The van der Waals surface area contributed by atoms with Crippen LogP contribution in [-0.2, 0) is 14.3 Å². The zero-order chi connectivity index (χ0) is 18.0. The highest BCUT2D eigenvalue weighted by Gasteiger charge is 2.26. The maximum absolute atomic E-state index is 12.4. The van der Waals surface area contributed by atoms with Gasteiger partial charge in [0.25, 0.3) is 5.91 Å². The number of carbonyl (C=O) groups excluding carboxylic acids is 2. The van der Waals surface area contributed by atoms with Crippen molar-refractivity contribution in [1.29, 1.82) is 0 Å². The number of aromatic nitrogens is 1. The maximum Gasteiger partial charge on any atom is 0.339 e. The van der Waals surface area contributed by atoms with E-state index in [1.165, 1.54) is 6.07 Å². The number of morpholine rings is 1. The maximum atomic E-state index is 12.4. The number of ether oxygens (including phenoxy) is 2. The molecular formula is C18H19ClN2O4. The number of fused-ring (bicyclic) bond motifs is 1. The second kappa shape index (κ2) is 7.37. The normalized spacial score (nSPS) is 20.5. The number of para-hydroxylation sites is 1. The number of halogens is 1. The van der Waals surface area contributed by atoms with Crippen LogP contribution in [0.5, 0.6) is 0 Å². The molecule has 1 fully saturated rings. The molecule has 3 rings (SSSR count). The molecular weight excluding hydrogens is 344 g/mol. The Kier molecular flexibility index (Phi) is 5.20. The SMILES string of the molecule is C[C@H]1CN(C(=O)COC(=O)c2cc(Cl)nc3ccccc23)C[C@H](C)O1. The van der Waals surface area contributed by atoms with Gasteiger partial charge < -0.3 is 14.4 Å². The fraction of sp³-hybridized carbons (Fsp3) is 0.389. The van der Waals surface area contributed by atoms with E-state index >= 15 is 0 Å². The zero-order valence-corrected chi connectivity index (χ0v) is 14.8. The summed E-state index contributed by atoms with van der Waals surface area (Å²) in [5.74, 6) is -0.831. The number of benzene rings is 1. The summed E-state index contributed by atoms with van der Waals surface area (Å²) in [7, 11) is 0. The molecule has 0 unspecified atom stereocenters. The van der Waals surface area contributed by atoms with Gasteiger partial charge in [0.15, 0.2) is 6.61 Å². The van der Waals surface area contributed by atoms with Gasteiger partial charge in [0.1, 0.15) is 5.15 Å². The van der Waals surface area contributed by atoms with Crippen molar-refractivity contribution in [3.05, 3.63) is 41.0 Å². The van der Waals surface area contributed by atoms with Gasteiger partial charge in [0.2, 0.25) is 0 Å². The molecule has 0 bridgehead atoms. The van der Waals surface area contributed by atoms with E-state index in [0.29, 0.717) is 29.6 Å². The fourth-order valence-electron chi connectivity index (χ4n) is 2.99. The van der Waals surface area contributed by atoms with Gasteiger partial charge in [-0.2, -0.15) is 0 Å². The lowest BCUT2D eigenvalue weighted by atomic mass is 10.1. The van der Waals surface area contributed by atoms with Crippen LogP contribution in [0.25, 0.3) is 10.9 Å². The summed E-state index contributed by atoms with van der Waals surface area (Å²) in [6.07, 6.45) is -0.0716. The summed E-state index contributed by atoms with van der Waals surface area (Å²) in [5.41, 5.74) is 0.899. The summed E-state index contributed by atoms with van der Waals surface area (Å²) in [6.45, 7) is 4.49. The van der Waals surface area contributed by atoms with Crippen molar-refractivity contribution in [3.8, 4) is 0 Å². The highest BCUT2D eigenvalue weighted by atomic mass is 35.5. The number of amides is 1. The van der Waals surface area contributed by atoms with Gasteiger partial charge in [-0.1, -0.05) is 29.8 Å². The van der Waals surface area contributed by atoms with E-state index in [1.807, 2.05) is 19.9 Å². The van der Waals surface area contributed by atoms with E-state index < -0.39 is 5.97 Å². The molecule has 1 saturated heterocycles. The van der Waals surface area contributed by atoms with Crippen molar-refractivity contribution in [2.75, 3.05) is 19.7 Å². The lowest BCUT2D eigenvalue weighted by Crippen LogP contribution is -2.49. The number of rotatable bonds is 3. The first-order chi connectivity index (χ1) is 11.9. The fourth-order valence-corrected chi connectivity index (χ4v) is 3.19. The second-order valence-corrected chi connectivity index (χ2v) is 6.53. The van der Waals surface area contributed by atoms with Crippen molar-refractivity contribution in [1.82, 2.24) is 9.88 Å². The van der Waals surface area contributed by atoms with Gasteiger partial charge in [-0.3, -0.25) is 4.79 Å². The monoisotopic (exact) mass is 362 g/mol. The summed E-state index contributed by atoms with van der Waals surface area (Å²) < 4.78 is 10.8. The van der Waals surface area contributed by atoms with Crippen LogP contribution in [0.3, 0.4) is 0 Å². The predicted octanol–water partition coefficient (Wildman–Crippen LogP) is 2.68. The Morgan fingerprint density at radius 2 is 1.96 bits per heavy atom. The minimum atomic E-state index is -0.594. The van der Waals surface area contributed by atoms with Crippen molar-refractivity contribution < 1.29 is 19.1 Å². The number of nitrogens with zero attached hydrogens (tertiary/aromatic N) is 2. The molecule has 0 spiro atoms. The first-order valence-electron chi connectivity index (χ1n) is 8.09. The summed E-state index contributed by atoms with van der Waals surface area (Å²) in [6, 6.07) is 8.60. The van der Waals surface area contributed by atoms with Crippen LogP contribution < -0.4 is 0 Å². The molecule has 1 aromatic heterocycles. The third-order valence-corrected chi connectivity index (χ3v) is 4.20. The predicted molar refractivity (Wildman–Crippen MR) is 93.6 cm³/mol. The van der Waals surface area contributed by atoms with E-state index in [9.17, 15) is 9.59 Å². The number of esters is 1. The van der Waals surface area contributed by atoms with Crippen LogP contribution in [0.2, 0.25) is 5.15 Å². The summed E-state index contributed by atoms with van der Waals surface area (Å²) in [4.78, 5) is 30.6. The number of hydrogen-bond donors (Lipinski definition) is 0. The average Bonchev–Trinajstić information content (AvgIpc) is 2.57. The van der Waals surface area contributed by atoms with Gasteiger partial charge in [-0.15, -0.1) is 0 Å². The van der Waals surface area contributed by atoms with Gasteiger partial charge in [-0.25, -0.2) is 9.78 Å². The Hall–Kier alpha value is -2.18. The van der Waals surface area contributed by atoms with Crippen LogP contribution in [0, 0.1) is 0 Å². The molecule has 0 saturated carbocycles. The molecule has 1 aliphatic heterocycles. The third-order valence-electron chi connectivity index (χ3n) is 4.00. The first kappa shape index (κ1) is 17.6. The Labute approximate surface area is 150 Å². The minimum Gasteiger partial charge on any atom is -0.452 e. The van der Waals surface area contributed by atoms with Gasteiger partial charge >= 0.3 is 5.97 Å². The quantitative estimate of drug-likeness (QED) is 0.620. The molecule has 0 aliphatic carbocycles. The van der Waals surface area contributed by atoms with Crippen molar-refractivity contribution in [3.63, 3.8) is 0 Å². The Balaban J connectivity index is 1.70. The Morgan fingerprint density at radius 3 is 2.68 bits per heavy atom. The molecule has 2 atom stereocenters. The topological polar surface area (TPSA) is 68.7 Å². The van der Waals surface area contributed by atoms with Crippen molar-refractivity contribution >= 4 is 34.4 Å². The Morgan fingerprint density at radius 1 is 1.28 bits per heavy atom. The average molecular weight is 363 g/mol. The highest BCUT2D eigenvalue weighted by Crippen LogP contribution is 2.21. The molecule has 7 heteroatoms. The summed E-state index contributed by atoms with van der Waals surface area (Å²) in [5, 5.41) is 0.839. The summed E-state index contributed by atoms with van der Waals surface area (Å²) >= 11 is 5.98. The van der Waals surface area contributed by atoms with Crippen LogP contribution >= 0.6 is 11.6 Å². The van der Waals surface area contributed by atoms with E-state index in [4.69, 9.17) is 21.1 Å². The van der Waals surface area contributed by atoms with E-state index in [1.54, 1.807) is 23.1 Å². The minimum absolute atomic E-state index is 0.0358. The molecule has 0 radical (unpaired) electrons. The van der Waals surface area contributed by atoms with Gasteiger partial charge in [0, 0.05) is 18.5 Å². The molecule has 1 amide bonds. The molecule has 25 heavy (non-hydrogen) atoms. The van der Waals surface area contributed by atoms with E-state index in [2.05, 4.69) is 4.98 Å². The van der Waals surface area contributed by atoms with Crippen LogP contribution in [0.15, 0.2) is 30.3 Å². The molecule has 132 valence electrons. The molecule has 1 aromatic carbocycles. The smallest absolute Gasteiger partial charge is 0.339 e. The highest BCUT2D eigenvalue weighted by molar-refractivity contribution is 6.30. The second-order valence-electron chi connectivity index (χ2n) is 6.14. The van der Waals surface area contributed by atoms with Gasteiger partial charge in [0.05, 0.1) is 23.3 Å². The van der Waals surface area contributed by atoms with Crippen LogP contribution in [0.1, 0.15) is 24.2 Å². The molecule has 6 nitrogen and oxygen atoms in total. The number of hydrogen-bond acceptors (Lipinski definition) is 5. The van der Waals surface area contributed by atoms with Crippen molar-refractivity contribution in [2.45, 2.75) is 26.1 Å². The number of carbonyl (C=O) groups is 2. The largest absolute Gasteiger partial charge is 0.452 e. The number of pyridine rings is 1. The van der Waals surface area contributed by atoms with E-state index in [-0.39, 0.29) is 29.9 Å². The molecule has 2 heterocycles. The van der Waals surface area contributed by atoms with Crippen LogP contribution in [-0.4, -0.2) is 53.7 Å². The third kappa shape index (κ3) is 4.08. The van der Waals surface area contributed by atoms with Gasteiger partial charge in [-0.05, 0) is 26.0 Å². The Bertz CT molecular complexity index is 801. The lowest BCUT2D eigenvalue weighted by Gasteiger charge is -2.35. The standard InChI is InChI=1S/C18H19ClN2O4/c1-11-8-21(9-12(2)25-11)17(22)10-24-18(23)14-7-16(19)20-15-6-4-3-5-13(14)15/h3-7,11-12H,8-10H2,1-2H3/t11-,12-/m0/s1. The molecule has 2 aromatic rings. The molecule has 1 aliphatic rings. The zero-order valence-electron chi connectivity index (χ0n) is 14.1.